The summed E-state index contributed by atoms with van der Waals surface area (Å²) in [5.41, 5.74) is -0.468. The van der Waals surface area contributed by atoms with Crippen molar-refractivity contribution < 1.29 is 22.7 Å². The molecule has 1 aromatic rings. The Bertz CT molecular complexity index is 661. The molecule has 0 heterocycles. The topological polar surface area (TPSA) is 95.2 Å². The first kappa shape index (κ1) is 16.1. The van der Waals surface area contributed by atoms with Crippen molar-refractivity contribution in [2.45, 2.75) is 24.9 Å². The van der Waals surface area contributed by atoms with Gasteiger partial charge in [0.2, 0.25) is 0 Å². The Morgan fingerprint density at radius 1 is 1.45 bits per heavy atom. The van der Waals surface area contributed by atoms with Gasteiger partial charge in [0.25, 0.3) is 0 Å². The number of carboxylic acids is 1. The highest BCUT2D eigenvalue weighted by atomic mass is 32.2. The molecule has 108 valence electrons. The average Bonchev–Trinajstić information content (AvgIpc) is 2.29. The summed E-state index contributed by atoms with van der Waals surface area (Å²) in [7, 11) is -4.07. The number of hydrogen-bond acceptors (Lipinski definition) is 4. The quantitative estimate of drug-likeness (QED) is 0.893. The molecule has 0 aliphatic heterocycles. The highest BCUT2D eigenvalue weighted by Crippen LogP contribution is 2.21. The number of sulfone groups is 1. The lowest BCUT2D eigenvalue weighted by Gasteiger charge is -2.17. The lowest BCUT2D eigenvalue weighted by Crippen LogP contribution is -2.36. The second kappa shape index (κ2) is 6.01. The molecule has 1 rings (SSSR count). The zero-order valence-electron chi connectivity index (χ0n) is 11.0. The second-order valence-corrected chi connectivity index (χ2v) is 6.82. The fourth-order valence-electron chi connectivity index (χ4n) is 1.94. The van der Waals surface area contributed by atoms with E-state index in [0.717, 1.165) is 0 Å². The van der Waals surface area contributed by atoms with E-state index in [0.29, 0.717) is 0 Å². The van der Waals surface area contributed by atoms with Gasteiger partial charge in [0.1, 0.15) is 11.9 Å². The van der Waals surface area contributed by atoms with Crippen molar-refractivity contribution in [2.75, 3.05) is 0 Å². The van der Waals surface area contributed by atoms with E-state index in [1.807, 2.05) is 0 Å². The SMILES string of the molecule is CC(C)C(C(=O)O)S(=O)(=O)Cc1cccc(C#N)c1F. The summed E-state index contributed by atoms with van der Waals surface area (Å²) in [5.74, 6) is -3.77. The molecular formula is C13H14FNO4S. The summed E-state index contributed by atoms with van der Waals surface area (Å²) in [4.78, 5) is 11.1. The maximum absolute atomic E-state index is 13.8. The maximum Gasteiger partial charge on any atom is 0.322 e. The molecule has 0 spiro atoms. The largest absolute Gasteiger partial charge is 0.480 e. The van der Waals surface area contributed by atoms with Crippen LogP contribution in [0.25, 0.3) is 0 Å². The second-order valence-electron chi connectivity index (χ2n) is 4.70. The van der Waals surface area contributed by atoms with Gasteiger partial charge in [0.15, 0.2) is 15.1 Å². The van der Waals surface area contributed by atoms with Gasteiger partial charge in [-0.15, -0.1) is 0 Å². The lowest BCUT2D eigenvalue weighted by molar-refractivity contribution is -0.137. The van der Waals surface area contributed by atoms with E-state index >= 15 is 0 Å². The minimum Gasteiger partial charge on any atom is -0.480 e. The van der Waals surface area contributed by atoms with E-state index in [-0.39, 0.29) is 11.1 Å². The van der Waals surface area contributed by atoms with Gasteiger partial charge in [-0.1, -0.05) is 26.0 Å². The molecule has 1 unspecified atom stereocenters. The van der Waals surface area contributed by atoms with Crippen LogP contribution in [-0.2, 0) is 20.4 Å². The molecule has 0 aliphatic rings. The number of benzene rings is 1. The molecule has 5 nitrogen and oxygen atoms in total. The predicted molar refractivity (Wildman–Crippen MR) is 70.0 cm³/mol. The Kier molecular flexibility index (Phi) is 4.84. The molecule has 1 atom stereocenters. The molecule has 0 amide bonds. The van der Waals surface area contributed by atoms with Gasteiger partial charge < -0.3 is 5.11 Å². The van der Waals surface area contributed by atoms with Gasteiger partial charge in [-0.05, 0) is 12.0 Å². The van der Waals surface area contributed by atoms with E-state index in [9.17, 15) is 17.6 Å². The number of carbonyl (C=O) groups is 1. The van der Waals surface area contributed by atoms with Crippen LogP contribution in [0.15, 0.2) is 18.2 Å². The normalized spacial score (nSPS) is 12.9. The minimum absolute atomic E-state index is 0.198. The van der Waals surface area contributed by atoms with Crippen LogP contribution in [0, 0.1) is 23.1 Å². The first-order valence-corrected chi connectivity index (χ1v) is 7.54. The number of carboxylic acid groups (broad SMARTS) is 1. The third-order valence-electron chi connectivity index (χ3n) is 2.79. The minimum atomic E-state index is -4.07. The molecule has 0 saturated carbocycles. The van der Waals surface area contributed by atoms with Crippen LogP contribution in [0.1, 0.15) is 25.0 Å². The Balaban J connectivity index is 3.21. The number of nitrogens with zero attached hydrogens (tertiary/aromatic N) is 1. The third-order valence-corrected chi connectivity index (χ3v) is 5.02. The number of halogens is 1. The summed E-state index contributed by atoms with van der Waals surface area (Å²) in [5, 5.41) is 16.1. The molecule has 0 bridgehead atoms. The molecule has 20 heavy (non-hydrogen) atoms. The zero-order valence-corrected chi connectivity index (χ0v) is 11.8. The standard InChI is InChI=1S/C13H14FNO4S/c1-8(2)12(13(16)17)20(18,19)7-10-5-3-4-9(6-15)11(10)14/h3-5,8,12H,7H2,1-2H3,(H,16,17). The number of nitriles is 1. The van der Waals surface area contributed by atoms with Crippen molar-refractivity contribution >= 4 is 15.8 Å². The Labute approximate surface area is 116 Å². The smallest absolute Gasteiger partial charge is 0.322 e. The van der Waals surface area contributed by atoms with Gasteiger partial charge in [0, 0.05) is 5.56 Å². The molecular weight excluding hydrogens is 285 g/mol. The molecule has 0 aliphatic carbocycles. The number of rotatable bonds is 5. The monoisotopic (exact) mass is 299 g/mol. The van der Waals surface area contributed by atoms with E-state index < -0.39 is 38.5 Å². The lowest BCUT2D eigenvalue weighted by atomic mass is 10.1. The van der Waals surface area contributed by atoms with Gasteiger partial charge >= 0.3 is 5.97 Å². The summed E-state index contributed by atoms with van der Waals surface area (Å²) >= 11 is 0. The van der Waals surface area contributed by atoms with Crippen LogP contribution in [0.2, 0.25) is 0 Å². The van der Waals surface area contributed by atoms with Crippen molar-refractivity contribution in [1.82, 2.24) is 0 Å². The van der Waals surface area contributed by atoms with Crippen LogP contribution in [-0.4, -0.2) is 24.7 Å². The number of aliphatic carboxylic acids is 1. The first-order chi connectivity index (χ1) is 9.20. The van der Waals surface area contributed by atoms with Gasteiger partial charge in [-0.25, -0.2) is 12.8 Å². The first-order valence-electron chi connectivity index (χ1n) is 5.82. The average molecular weight is 299 g/mol. The van der Waals surface area contributed by atoms with Crippen LogP contribution < -0.4 is 0 Å². The predicted octanol–water partition coefficient (Wildman–Crippen LogP) is 1.72. The Morgan fingerprint density at radius 3 is 2.50 bits per heavy atom. The molecule has 0 fully saturated rings. The van der Waals surface area contributed by atoms with Crippen molar-refractivity contribution in [1.29, 1.82) is 5.26 Å². The highest BCUT2D eigenvalue weighted by molar-refractivity contribution is 7.92. The summed E-state index contributed by atoms with van der Waals surface area (Å²) in [6.45, 7) is 2.94. The molecule has 0 saturated heterocycles. The van der Waals surface area contributed by atoms with E-state index in [1.165, 1.54) is 32.0 Å². The molecule has 0 radical (unpaired) electrons. The van der Waals surface area contributed by atoms with E-state index in [1.54, 1.807) is 6.07 Å². The van der Waals surface area contributed by atoms with Crippen molar-refractivity contribution in [2.24, 2.45) is 5.92 Å². The molecule has 7 heteroatoms. The summed E-state index contributed by atoms with van der Waals surface area (Å²) < 4.78 is 38.0. The van der Waals surface area contributed by atoms with E-state index in [2.05, 4.69) is 0 Å². The third kappa shape index (κ3) is 3.33. The van der Waals surface area contributed by atoms with Gasteiger partial charge in [-0.2, -0.15) is 5.26 Å². The van der Waals surface area contributed by atoms with Gasteiger partial charge in [0.05, 0.1) is 11.3 Å². The van der Waals surface area contributed by atoms with Crippen LogP contribution in [0.4, 0.5) is 4.39 Å². The highest BCUT2D eigenvalue weighted by Gasteiger charge is 2.35. The maximum atomic E-state index is 13.8. The molecule has 1 aromatic carbocycles. The van der Waals surface area contributed by atoms with Gasteiger partial charge in [-0.3, -0.25) is 4.79 Å². The molecule has 1 N–H and O–H groups in total. The molecule has 0 aromatic heterocycles. The van der Waals surface area contributed by atoms with Crippen LogP contribution in [0.5, 0.6) is 0 Å². The summed E-state index contributed by atoms with van der Waals surface area (Å²) in [6.07, 6.45) is 0. The fraction of sp³-hybridized carbons (Fsp3) is 0.385. The fourth-order valence-corrected chi connectivity index (χ4v) is 3.91. The summed E-state index contributed by atoms with van der Waals surface area (Å²) in [6, 6.07) is 5.42. The Morgan fingerprint density at radius 2 is 2.05 bits per heavy atom. The van der Waals surface area contributed by atoms with Crippen LogP contribution >= 0.6 is 0 Å². The number of hydrogen-bond donors (Lipinski definition) is 1. The van der Waals surface area contributed by atoms with Crippen LogP contribution in [0.3, 0.4) is 0 Å². The zero-order chi connectivity index (χ0) is 15.5. The van der Waals surface area contributed by atoms with E-state index in [4.69, 9.17) is 10.4 Å². The van der Waals surface area contributed by atoms with Crippen molar-refractivity contribution in [3.8, 4) is 6.07 Å². The Hall–Kier alpha value is -1.94. The van der Waals surface area contributed by atoms with Crippen molar-refractivity contribution in [3.63, 3.8) is 0 Å². The van der Waals surface area contributed by atoms with Crippen molar-refractivity contribution in [3.05, 3.63) is 35.1 Å².